The Kier molecular flexibility index (Phi) is 6.87. The first-order valence-corrected chi connectivity index (χ1v) is 13.6. The minimum atomic E-state index is -3.83. The van der Waals surface area contributed by atoms with Gasteiger partial charge in [0.2, 0.25) is 26.0 Å². The van der Waals surface area contributed by atoms with Crippen LogP contribution in [0.5, 0.6) is 0 Å². The van der Waals surface area contributed by atoms with E-state index in [9.17, 15) is 21.6 Å². The van der Waals surface area contributed by atoms with Gasteiger partial charge in [-0.2, -0.15) is 8.61 Å². The second kappa shape index (κ2) is 9.51. The van der Waals surface area contributed by atoms with E-state index in [2.05, 4.69) is 5.32 Å². The maximum Gasteiger partial charge on any atom is 0.243 e. The van der Waals surface area contributed by atoms with Crippen molar-refractivity contribution in [3.8, 4) is 0 Å². The molecule has 0 radical (unpaired) electrons. The van der Waals surface area contributed by atoms with Gasteiger partial charge in [0.25, 0.3) is 0 Å². The van der Waals surface area contributed by atoms with Gasteiger partial charge in [0.1, 0.15) is 6.04 Å². The van der Waals surface area contributed by atoms with Gasteiger partial charge in [-0.3, -0.25) is 4.79 Å². The van der Waals surface area contributed by atoms with Crippen molar-refractivity contribution in [3.05, 3.63) is 54.1 Å². The first kappa shape index (κ1) is 23.8. The number of carbonyl (C=O) groups is 1. The summed E-state index contributed by atoms with van der Waals surface area (Å²) in [5.74, 6) is -0.482. The molecule has 1 N–H and O–H groups in total. The van der Waals surface area contributed by atoms with E-state index in [0.29, 0.717) is 31.7 Å². The summed E-state index contributed by atoms with van der Waals surface area (Å²) in [4.78, 5) is 13.2. The summed E-state index contributed by atoms with van der Waals surface area (Å²) >= 11 is 0. The number of hydrogen-bond acceptors (Lipinski definition) is 6. The van der Waals surface area contributed by atoms with Gasteiger partial charge in [0.15, 0.2) is 0 Å². The zero-order valence-corrected chi connectivity index (χ0v) is 19.9. The molecule has 11 heteroatoms. The summed E-state index contributed by atoms with van der Waals surface area (Å²) in [5.41, 5.74) is 1.24. The molecule has 2 aromatic rings. The number of hydrogen-bond donors (Lipinski definition) is 1. The van der Waals surface area contributed by atoms with Crippen molar-refractivity contribution < 1.29 is 26.4 Å². The molecule has 1 amide bonds. The summed E-state index contributed by atoms with van der Waals surface area (Å²) in [6.07, 6.45) is 0.956. The van der Waals surface area contributed by atoms with Crippen LogP contribution in [0, 0.1) is 6.92 Å². The molecule has 2 fully saturated rings. The largest absolute Gasteiger partial charge is 0.379 e. The van der Waals surface area contributed by atoms with Crippen LogP contribution in [0.2, 0.25) is 0 Å². The van der Waals surface area contributed by atoms with Crippen LogP contribution in [0.1, 0.15) is 18.4 Å². The van der Waals surface area contributed by atoms with Gasteiger partial charge >= 0.3 is 0 Å². The van der Waals surface area contributed by atoms with Crippen LogP contribution in [-0.2, 0) is 29.6 Å². The highest BCUT2D eigenvalue weighted by Gasteiger charge is 2.39. The first-order chi connectivity index (χ1) is 15.7. The average molecular weight is 494 g/mol. The van der Waals surface area contributed by atoms with Crippen LogP contribution in [0.25, 0.3) is 0 Å². The normalized spacial score (nSPS) is 20.6. The van der Waals surface area contributed by atoms with Crippen molar-refractivity contribution in [2.45, 2.75) is 35.6 Å². The van der Waals surface area contributed by atoms with Gasteiger partial charge in [-0.15, -0.1) is 0 Å². The number of anilines is 1. The lowest BCUT2D eigenvalue weighted by atomic mass is 10.2. The number of ether oxygens (including phenoxy) is 1. The zero-order chi connectivity index (χ0) is 23.6. The Morgan fingerprint density at radius 2 is 1.64 bits per heavy atom. The quantitative estimate of drug-likeness (QED) is 0.657. The Balaban J connectivity index is 1.52. The number of carbonyl (C=O) groups excluding carboxylic acids is 1. The van der Waals surface area contributed by atoms with Gasteiger partial charge in [-0.05, 0) is 50.1 Å². The Morgan fingerprint density at radius 1 is 0.939 bits per heavy atom. The van der Waals surface area contributed by atoms with Crippen molar-refractivity contribution >= 4 is 31.6 Å². The number of nitrogens with zero attached hydrogens (tertiary/aromatic N) is 2. The number of benzene rings is 2. The molecule has 0 unspecified atom stereocenters. The highest BCUT2D eigenvalue weighted by molar-refractivity contribution is 7.89. The lowest BCUT2D eigenvalue weighted by Gasteiger charge is -2.26. The van der Waals surface area contributed by atoms with Crippen LogP contribution in [0.4, 0.5) is 5.69 Å². The van der Waals surface area contributed by atoms with Crippen molar-refractivity contribution in [3.63, 3.8) is 0 Å². The van der Waals surface area contributed by atoms with Crippen LogP contribution in [0.15, 0.2) is 58.3 Å². The highest BCUT2D eigenvalue weighted by atomic mass is 32.2. The second-order valence-electron chi connectivity index (χ2n) is 8.12. The fourth-order valence-electron chi connectivity index (χ4n) is 4.03. The van der Waals surface area contributed by atoms with Crippen LogP contribution in [-0.4, -0.2) is 70.2 Å². The SMILES string of the molecule is Cc1ccc(S(=O)(=O)N2CCC[C@H]2C(=O)Nc2cccc(S(=O)(=O)N3CCOCC3)c2)cc1. The van der Waals surface area contributed by atoms with Crippen LogP contribution in [0.3, 0.4) is 0 Å². The smallest absolute Gasteiger partial charge is 0.243 e. The average Bonchev–Trinajstić information content (AvgIpc) is 3.31. The molecule has 1 atom stereocenters. The van der Waals surface area contributed by atoms with E-state index in [0.717, 1.165) is 5.56 Å². The molecule has 2 heterocycles. The molecule has 0 saturated carbocycles. The topological polar surface area (TPSA) is 113 Å². The highest BCUT2D eigenvalue weighted by Crippen LogP contribution is 2.28. The molecule has 0 spiro atoms. The standard InChI is InChI=1S/C22H27N3O6S2/c1-17-7-9-19(10-8-17)33(29,30)25-11-3-6-21(25)22(26)23-18-4-2-5-20(16-18)32(27,28)24-12-14-31-15-13-24/h2,4-5,7-10,16,21H,3,6,11-15H2,1H3,(H,23,26)/t21-/m0/s1. The molecule has 0 bridgehead atoms. The maximum atomic E-state index is 13.1. The van der Waals surface area contributed by atoms with Gasteiger partial charge in [-0.25, -0.2) is 16.8 Å². The Morgan fingerprint density at radius 3 is 2.33 bits per heavy atom. The minimum absolute atomic E-state index is 0.0674. The number of morpholine rings is 1. The van der Waals surface area contributed by atoms with Crippen molar-refractivity contribution in [1.82, 2.24) is 8.61 Å². The molecule has 2 aliphatic heterocycles. The molecular weight excluding hydrogens is 466 g/mol. The van der Waals surface area contributed by atoms with Crippen LogP contribution < -0.4 is 5.32 Å². The Labute approximate surface area is 194 Å². The lowest BCUT2D eigenvalue weighted by Crippen LogP contribution is -2.43. The summed E-state index contributed by atoms with van der Waals surface area (Å²) in [5, 5.41) is 2.71. The summed E-state index contributed by atoms with van der Waals surface area (Å²) in [7, 11) is -7.55. The molecule has 9 nitrogen and oxygen atoms in total. The van der Waals surface area contributed by atoms with Crippen molar-refractivity contribution in [2.24, 2.45) is 0 Å². The van der Waals surface area contributed by atoms with E-state index < -0.39 is 32.0 Å². The number of aryl methyl sites for hydroxylation is 1. The molecule has 2 aromatic carbocycles. The predicted octanol–water partition coefficient (Wildman–Crippen LogP) is 1.81. The summed E-state index contributed by atoms with van der Waals surface area (Å²) < 4.78 is 59.9. The number of rotatable bonds is 6. The minimum Gasteiger partial charge on any atom is -0.379 e. The van der Waals surface area contributed by atoms with E-state index in [-0.39, 0.29) is 29.4 Å². The zero-order valence-electron chi connectivity index (χ0n) is 18.3. The van der Waals surface area contributed by atoms with Gasteiger partial charge in [0, 0.05) is 25.3 Å². The Hall–Kier alpha value is -2.31. The maximum absolute atomic E-state index is 13.1. The monoisotopic (exact) mass is 493 g/mol. The van der Waals surface area contributed by atoms with Crippen LogP contribution >= 0.6 is 0 Å². The Bertz CT molecular complexity index is 1220. The third kappa shape index (κ3) is 4.97. The first-order valence-electron chi connectivity index (χ1n) is 10.8. The molecular formula is C22H27N3O6S2. The fourth-order valence-corrected chi connectivity index (χ4v) is 7.14. The predicted molar refractivity (Wildman–Crippen MR) is 123 cm³/mol. The van der Waals surface area contributed by atoms with Gasteiger partial charge in [0.05, 0.1) is 23.0 Å². The molecule has 178 valence electrons. The number of amides is 1. The van der Waals surface area contributed by atoms with E-state index in [1.165, 1.54) is 32.9 Å². The lowest BCUT2D eigenvalue weighted by molar-refractivity contribution is -0.119. The fraction of sp³-hybridized carbons (Fsp3) is 0.409. The number of nitrogens with one attached hydrogen (secondary N) is 1. The van der Waals surface area contributed by atoms with E-state index in [1.807, 2.05) is 6.92 Å². The summed E-state index contributed by atoms with van der Waals surface area (Å²) in [6.45, 7) is 3.33. The van der Waals surface area contributed by atoms with Crippen molar-refractivity contribution in [1.29, 1.82) is 0 Å². The van der Waals surface area contributed by atoms with E-state index in [1.54, 1.807) is 24.3 Å². The molecule has 0 aromatic heterocycles. The second-order valence-corrected chi connectivity index (χ2v) is 11.9. The molecule has 33 heavy (non-hydrogen) atoms. The molecule has 4 rings (SSSR count). The van der Waals surface area contributed by atoms with Crippen molar-refractivity contribution in [2.75, 3.05) is 38.2 Å². The molecule has 0 aliphatic carbocycles. The third-order valence-corrected chi connectivity index (χ3v) is 9.66. The molecule has 2 saturated heterocycles. The summed E-state index contributed by atoms with van der Waals surface area (Å²) in [6, 6.07) is 11.7. The number of sulfonamides is 2. The van der Waals surface area contributed by atoms with Gasteiger partial charge < -0.3 is 10.1 Å². The molecule has 2 aliphatic rings. The van der Waals surface area contributed by atoms with Gasteiger partial charge in [-0.1, -0.05) is 23.8 Å². The van der Waals surface area contributed by atoms with E-state index >= 15 is 0 Å². The third-order valence-electron chi connectivity index (χ3n) is 5.84. The van der Waals surface area contributed by atoms with E-state index in [4.69, 9.17) is 4.74 Å².